The van der Waals surface area contributed by atoms with Crippen LogP contribution in [0.2, 0.25) is 0 Å². The van der Waals surface area contributed by atoms with Crippen LogP contribution in [0.25, 0.3) is 11.1 Å². The molecule has 0 saturated carbocycles. The fraction of sp³-hybridized carbons (Fsp3) is 0.250. The first-order valence-corrected chi connectivity index (χ1v) is 6.19. The van der Waals surface area contributed by atoms with Gasteiger partial charge in [0, 0.05) is 17.5 Å². The van der Waals surface area contributed by atoms with Crippen LogP contribution in [0.15, 0.2) is 36.4 Å². The fourth-order valence-electron chi connectivity index (χ4n) is 2.47. The van der Waals surface area contributed by atoms with Gasteiger partial charge in [0.15, 0.2) is 0 Å². The normalized spacial score (nSPS) is 13.0. The van der Waals surface area contributed by atoms with Crippen LogP contribution in [-0.2, 0) is 6.42 Å². The lowest BCUT2D eigenvalue weighted by Gasteiger charge is -2.12. The molecule has 0 saturated heterocycles. The van der Waals surface area contributed by atoms with E-state index in [1.165, 1.54) is 16.7 Å². The molecule has 0 N–H and O–H groups in total. The van der Waals surface area contributed by atoms with Crippen molar-refractivity contribution in [3.63, 3.8) is 0 Å². The summed E-state index contributed by atoms with van der Waals surface area (Å²) in [6, 6.07) is 12.5. The van der Waals surface area contributed by atoms with Crippen molar-refractivity contribution in [3.05, 3.63) is 47.5 Å². The summed E-state index contributed by atoms with van der Waals surface area (Å²) in [4.78, 5) is 0. The van der Waals surface area contributed by atoms with Gasteiger partial charge in [-0.15, -0.1) is 0 Å². The van der Waals surface area contributed by atoms with Gasteiger partial charge in [-0.1, -0.05) is 24.3 Å². The van der Waals surface area contributed by atoms with Crippen molar-refractivity contribution in [1.29, 1.82) is 0 Å². The maximum atomic E-state index is 5.78. The van der Waals surface area contributed by atoms with Crippen LogP contribution in [0, 0.1) is 6.92 Å². The Labute approximate surface area is 107 Å². The van der Waals surface area contributed by atoms with Crippen LogP contribution >= 0.6 is 0 Å². The van der Waals surface area contributed by atoms with Crippen molar-refractivity contribution in [2.75, 3.05) is 13.7 Å². The zero-order valence-corrected chi connectivity index (χ0v) is 10.7. The van der Waals surface area contributed by atoms with Crippen LogP contribution in [0.4, 0.5) is 0 Å². The highest BCUT2D eigenvalue weighted by Crippen LogP contribution is 2.41. The van der Waals surface area contributed by atoms with Gasteiger partial charge in [0.25, 0.3) is 0 Å². The van der Waals surface area contributed by atoms with E-state index in [-0.39, 0.29) is 0 Å². The van der Waals surface area contributed by atoms with Crippen molar-refractivity contribution >= 4 is 0 Å². The molecule has 1 heterocycles. The smallest absolute Gasteiger partial charge is 0.130 e. The minimum atomic E-state index is 0.765. The van der Waals surface area contributed by atoms with Crippen LogP contribution in [-0.4, -0.2) is 13.7 Å². The Kier molecular flexibility index (Phi) is 2.71. The van der Waals surface area contributed by atoms with Gasteiger partial charge in [-0.3, -0.25) is 0 Å². The fourth-order valence-corrected chi connectivity index (χ4v) is 2.47. The van der Waals surface area contributed by atoms with E-state index in [0.29, 0.717) is 0 Å². The summed E-state index contributed by atoms with van der Waals surface area (Å²) in [5.74, 6) is 1.92. The minimum absolute atomic E-state index is 0.765. The molecule has 2 aromatic carbocycles. The van der Waals surface area contributed by atoms with Crippen LogP contribution in [0.1, 0.15) is 11.1 Å². The predicted octanol–water partition coefficient (Wildman–Crippen LogP) is 3.61. The molecule has 0 unspecified atom stereocenters. The molecule has 0 aliphatic carbocycles. The monoisotopic (exact) mass is 240 g/mol. The predicted molar refractivity (Wildman–Crippen MR) is 72.4 cm³/mol. The Balaban J connectivity index is 2.23. The van der Waals surface area contributed by atoms with E-state index in [2.05, 4.69) is 43.3 Å². The highest BCUT2D eigenvalue weighted by atomic mass is 16.5. The molecule has 0 radical (unpaired) electrons. The summed E-state index contributed by atoms with van der Waals surface area (Å²) < 4.78 is 11.2. The summed E-state index contributed by atoms with van der Waals surface area (Å²) in [5.41, 5.74) is 4.85. The van der Waals surface area contributed by atoms with Gasteiger partial charge in [-0.2, -0.15) is 0 Å². The average molecular weight is 240 g/mol. The number of fused-ring (bicyclic) bond motifs is 1. The number of rotatable bonds is 2. The van der Waals surface area contributed by atoms with Gasteiger partial charge < -0.3 is 9.47 Å². The molecule has 0 amide bonds. The number of methoxy groups -OCH3 is 1. The molecule has 1 aliphatic heterocycles. The third-order valence-corrected chi connectivity index (χ3v) is 3.43. The third kappa shape index (κ3) is 1.74. The zero-order valence-electron chi connectivity index (χ0n) is 10.7. The Morgan fingerprint density at radius 3 is 2.72 bits per heavy atom. The lowest BCUT2D eigenvalue weighted by molar-refractivity contribution is 0.357. The van der Waals surface area contributed by atoms with E-state index in [4.69, 9.17) is 9.47 Å². The van der Waals surface area contributed by atoms with E-state index in [9.17, 15) is 0 Å². The standard InChI is InChI=1S/C16H16O2/c1-11-5-3-4-6-14(11)15-10-13(17-2)9-12-7-8-18-16(12)15/h3-6,9-10H,7-8H2,1-2H3. The molecule has 2 heteroatoms. The molecule has 0 atom stereocenters. The molecule has 2 aromatic rings. The number of hydrogen-bond donors (Lipinski definition) is 0. The Morgan fingerprint density at radius 1 is 1.11 bits per heavy atom. The molecule has 3 rings (SSSR count). The third-order valence-electron chi connectivity index (χ3n) is 3.43. The summed E-state index contributed by atoms with van der Waals surface area (Å²) in [7, 11) is 1.71. The minimum Gasteiger partial charge on any atom is -0.497 e. The van der Waals surface area contributed by atoms with Gasteiger partial charge in [-0.25, -0.2) is 0 Å². The maximum Gasteiger partial charge on any atom is 0.130 e. The SMILES string of the molecule is COc1cc2c(c(-c3ccccc3C)c1)OCC2. The van der Waals surface area contributed by atoms with Gasteiger partial charge in [0.2, 0.25) is 0 Å². The van der Waals surface area contributed by atoms with E-state index in [1.807, 2.05) is 0 Å². The second kappa shape index (κ2) is 4.37. The Morgan fingerprint density at radius 2 is 1.94 bits per heavy atom. The van der Waals surface area contributed by atoms with E-state index >= 15 is 0 Å². The van der Waals surface area contributed by atoms with Crippen molar-refractivity contribution in [1.82, 2.24) is 0 Å². The highest BCUT2D eigenvalue weighted by molar-refractivity contribution is 5.77. The molecule has 92 valence electrons. The first-order valence-electron chi connectivity index (χ1n) is 6.19. The summed E-state index contributed by atoms with van der Waals surface area (Å²) in [5, 5.41) is 0. The van der Waals surface area contributed by atoms with Crippen molar-refractivity contribution in [2.45, 2.75) is 13.3 Å². The van der Waals surface area contributed by atoms with Gasteiger partial charge in [0.1, 0.15) is 11.5 Å². The molecule has 0 fully saturated rings. The van der Waals surface area contributed by atoms with E-state index in [0.717, 1.165) is 30.1 Å². The second-order valence-electron chi connectivity index (χ2n) is 4.58. The molecule has 0 bridgehead atoms. The average Bonchev–Trinajstić information content (AvgIpc) is 2.86. The van der Waals surface area contributed by atoms with Crippen molar-refractivity contribution < 1.29 is 9.47 Å². The lowest BCUT2D eigenvalue weighted by Crippen LogP contribution is -1.91. The van der Waals surface area contributed by atoms with E-state index in [1.54, 1.807) is 7.11 Å². The molecular formula is C16H16O2. The second-order valence-corrected chi connectivity index (χ2v) is 4.58. The Hall–Kier alpha value is -1.96. The summed E-state index contributed by atoms with van der Waals surface area (Å²) in [6.07, 6.45) is 0.964. The number of aryl methyl sites for hydroxylation is 1. The first kappa shape index (κ1) is 11.1. The number of ether oxygens (including phenoxy) is 2. The van der Waals surface area contributed by atoms with Gasteiger partial charge >= 0.3 is 0 Å². The molecule has 1 aliphatic rings. The summed E-state index contributed by atoms with van der Waals surface area (Å²) in [6.45, 7) is 2.89. The first-order chi connectivity index (χ1) is 8.79. The van der Waals surface area contributed by atoms with Gasteiger partial charge in [0.05, 0.1) is 13.7 Å². The molecular weight excluding hydrogens is 224 g/mol. The zero-order chi connectivity index (χ0) is 12.5. The lowest BCUT2D eigenvalue weighted by atomic mass is 9.97. The van der Waals surface area contributed by atoms with E-state index < -0.39 is 0 Å². The highest BCUT2D eigenvalue weighted by Gasteiger charge is 2.19. The van der Waals surface area contributed by atoms with Crippen LogP contribution in [0.3, 0.4) is 0 Å². The maximum absolute atomic E-state index is 5.78. The largest absolute Gasteiger partial charge is 0.497 e. The van der Waals surface area contributed by atoms with Gasteiger partial charge in [-0.05, 0) is 30.2 Å². The molecule has 0 aromatic heterocycles. The summed E-state index contributed by atoms with van der Waals surface area (Å²) >= 11 is 0. The topological polar surface area (TPSA) is 18.5 Å². The number of hydrogen-bond acceptors (Lipinski definition) is 2. The van der Waals surface area contributed by atoms with Crippen molar-refractivity contribution in [2.24, 2.45) is 0 Å². The molecule has 0 spiro atoms. The van der Waals surface area contributed by atoms with Crippen LogP contribution < -0.4 is 9.47 Å². The number of benzene rings is 2. The van der Waals surface area contributed by atoms with Crippen molar-refractivity contribution in [3.8, 4) is 22.6 Å². The molecule has 18 heavy (non-hydrogen) atoms. The quantitative estimate of drug-likeness (QED) is 0.798. The Bertz CT molecular complexity index is 588. The van der Waals surface area contributed by atoms with Crippen LogP contribution in [0.5, 0.6) is 11.5 Å². The molecule has 2 nitrogen and oxygen atoms in total.